The number of ketones is 2. The van der Waals surface area contributed by atoms with Gasteiger partial charge in [0.2, 0.25) is 5.78 Å². The number of carboxylic acid groups (broad SMARTS) is 1. The van der Waals surface area contributed by atoms with Crippen molar-refractivity contribution in [2.45, 2.75) is 96.3 Å². The largest absolute Gasteiger partial charge is 0.481 e. The topological polar surface area (TPSA) is 71.4 Å². The zero-order valence-electron chi connectivity index (χ0n) is 15.8. The number of halogens is 2. The minimum absolute atomic E-state index is 0.0347. The van der Waals surface area contributed by atoms with Gasteiger partial charge in [0.25, 0.3) is 0 Å². The quantitative estimate of drug-likeness (QED) is 0.425. The molecular weight excluding hydrogens is 342 g/mol. The number of hydrogen-bond acceptors (Lipinski definition) is 3. The Morgan fingerprint density at radius 1 is 1.08 bits per heavy atom. The standard InChI is InChI=1S/C20H32F2O4/c1-2-3-14-20(21,22)18(24)13-11-15-10-12-17(23)16(15)8-6-4-5-7-9-19(25)26/h15-16H,2-14H2,1H3,(H,25,26)/t15?,16-/m1/s1. The van der Waals surface area contributed by atoms with Crippen molar-refractivity contribution in [3.05, 3.63) is 0 Å². The van der Waals surface area contributed by atoms with E-state index in [4.69, 9.17) is 5.11 Å². The van der Waals surface area contributed by atoms with Crippen LogP contribution in [0.25, 0.3) is 0 Å². The normalized spacial score (nSPS) is 20.5. The van der Waals surface area contributed by atoms with Crippen molar-refractivity contribution in [2.75, 3.05) is 0 Å². The first-order valence-corrected chi connectivity index (χ1v) is 9.93. The number of hydrogen-bond donors (Lipinski definition) is 1. The molecule has 26 heavy (non-hydrogen) atoms. The third-order valence-corrected chi connectivity index (χ3v) is 5.39. The number of unbranched alkanes of at least 4 members (excludes halogenated alkanes) is 4. The lowest BCUT2D eigenvalue weighted by atomic mass is 9.85. The van der Waals surface area contributed by atoms with Gasteiger partial charge in [0.05, 0.1) is 0 Å². The van der Waals surface area contributed by atoms with Crippen LogP contribution in [0.15, 0.2) is 0 Å². The number of carbonyl (C=O) groups excluding carboxylic acids is 2. The summed E-state index contributed by atoms with van der Waals surface area (Å²) in [7, 11) is 0. The fourth-order valence-corrected chi connectivity index (χ4v) is 3.75. The van der Waals surface area contributed by atoms with Crippen LogP contribution >= 0.6 is 0 Å². The van der Waals surface area contributed by atoms with Crippen LogP contribution in [0.4, 0.5) is 8.78 Å². The number of Topliss-reactive ketones (excluding diaryl/α,β-unsaturated/α-hetero) is 2. The summed E-state index contributed by atoms with van der Waals surface area (Å²) in [6.07, 6.45) is 6.04. The molecule has 0 bridgehead atoms. The fourth-order valence-electron chi connectivity index (χ4n) is 3.75. The van der Waals surface area contributed by atoms with Gasteiger partial charge in [0.1, 0.15) is 5.78 Å². The zero-order valence-corrected chi connectivity index (χ0v) is 15.8. The lowest BCUT2D eigenvalue weighted by Crippen LogP contribution is -2.29. The molecule has 1 fully saturated rings. The van der Waals surface area contributed by atoms with Crippen LogP contribution in [-0.2, 0) is 14.4 Å². The summed E-state index contributed by atoms with van der Waals surface area (Å²) < 4.78 is 27.5. The smallest absolute Gasteiger partial charge is 0.305 e. The maximum Gasteiger partial charge on any atom is 0.305 e. The highest BCUT2D eigenvalue weighted by Crippen LogP contribution is 2.37. The first-order chi connectivity index (χ1) is 12.3. The third-order valence-electron chi connectivity index (χ3n) is 5.39. The number of rotatable bonds is 14. The van der Waals surface area contributed by atoms with E-state index in [0.717, 1.165) is 25.7 Å². The Labute approximate surface area is 154 Å². The predicted molar refractivity (Wildman–Crippen MR) is 95.3 cm³/mol. The fraction of sp³-hybridized carbons (Fsp3) is 0.850. The Hall–Kier alpha value is -1.33. The van der Waals surface area contributed by atoms with E-state index >= 15 is 0 Å². The molecule has 0 radical (unpaired) electrons. The molecule has 0 amide bonds. The Kier molecular flexibility index (Phi) is 9.96. The van der Waals surface area contributed by atoms with Crippen molar-refractivity contribution in [1.29, 1.82) is 0 Å². The van der Waals surface area contributed by atoms with Crippen molar-refractivity contribution in [2.24, 2.45) is 11.8 Å². The van der Waals surface area contributed by atoms with Gasteiger partial charge in [-0.1, -0.05) is 32.6 Å². The highest BCUT2D eigenvalue weighted by molar-refractivity contribution is 5.86. The van der Waals surface area contributed by atoms with Crippen LogP contribution in [0.3, 0.4) is 0 Å². The number of alkyl halides is 2. The van der Waals surface area contributed by atoms with Crippen LogP contribution in [-0.4, -0.2) is 28.6 Å². The van der Waals surface area contributed by atoms with E-state index in [0.29, 0.717) is 38.5 Å². The van der Waals surface area contributed by atoms with Gasteiger partial charge in [-0.05, 0) is 38.0 Å². The van der Waals surface area contributed by atoms with Crippen molar-refractivity contribution in [1.82, 2.24) is 0 Å². The van der Waals surface area contributed by atoms with Crippen molar-refractivity contribution < 1.29 is 28.3 Å². The van der Waals surface area contributed by atoms with Gasteiger partial charge in [0.15, 0.2) is 0 Å². The number of carboxylic acids is 1. The van der Waals surface area contributed by atoms with Crippen molar-refractivity contribution in [3.63, 3.8) is 0 Å². The monoisotopic (exact) mass is 374 g/mol. The Morgan fingerprint density at radius 3 is 2.42 bits per heavy atom. The molecule has 0 aromatic heterocycles. The van der Waals surface area contributed by atoms with Crippen LogP contribution in [0.1, 0.15) is 90.4 Å². The molecule has 1 aliphatic rings. The van der Waals surface area contributed by atoms with Gasteiger partial charge in [0, 0.05) is 31.6 Å². The zero-order chi connectivity index (χ0) is 19.6. The van der Waals surface area contributed by atoms with Gasteiger partial charge < -0.3 is 5.11 Å². The van der Waals surface area contributed by atoms with E-state index in [2.05, 4.69) is 0 Å². The molecule has 0 aliphatic heterocycles. The molecule has 0 heterocycles. The van der Waals surface area contributed by atoms with Crippen LogP contribution in [0.5, 0.6) is 0 Å². The maximum atomic E-state index is 13.8. The van der Waals surface area contributed by atoms with Gasteiger partial charge in [-0.2, -0.15) is 8.78 Å². The van der Waals surface area contributed by atoms with E-state index in [1.165, 1.54) is 0 Å². The van der Waals surface area contributed by atoms with E-state index in [-0.39, 0.29) is 36.9 Å². The predicted octanol–water partition coefficient (Wildman–Crippen LogP) is 5.18. The summed E-state index contributed by atoms with van der Waals surface area (Å²) in [4.78, 5) is 34.3. The first kappa shape index (κ1) is 22.7. The molecule has 0 spiro atoms. The molecule has 2 atom stereocenters. The second-order valence-corrected chi connectivity index (χ2v) is 7.49. The molecule has 150 valence electrons. The van der Waals surface area contributed by atoms with E-state index in [9.17, 15) is 23.2 Å². The van der Waals surface area contributed by atoms with Gasteiger partial charge >= 0.3 is 11.9 Å². The highest BCUT2D eigenvalue weighted by Gasteiger charge is 2.39. The minimum atomic E-state index is -3.24. The average Bonchev–Trinajstić information content (AvgIpc) is 2.93. The molecule has 1 aliphatic carbocycles. The summed E-state index contributed by atoms with van der Waals surface area (Å²) in [5.41, 5.74) is 0. The molecule has 1 saturated carbocycles. The minimum Gasteiger partial charge on any atom is -0.481 e. The molecule has 0 aromatic rings. The molecule has 0 aromatic carbocycles. The average molecular weight is 374 g/mol. The Morgan fingerprint density at radius 2 is 1.77 bits per heavy atom. The molecule has 0 saturated heterocycles. The Bertz CT molecular complexity index is 476. The number of carbonyl (C=O) groups is 3. The SMILES string of the molecule is CCCCC(F)(F)C(=O)CCC1CCC(=O)[C@@H]1CCCCCCC(=O)O. The molecule has 1 rings (SSSR count). The molecular formula is C20H32F2O4. The lowest BCUT2D eigenvalue weighted by Gasteiger charge is -2.20. The molecule has 4 nitrogen and oxygen atoms in total. The second-order valence-electron chi connectivity index (χ2n) is 7.49. The third kappa shape index (κ3) is 7.92. The lowest BCUT2D eigenvalue weighted by molar-refractivity contribution is -0.144. The second kappa shape index (κ2) is 11.4. The van der Waals surface area contributed by atoms with E-state index in [1.807, 2.05) is 6.92 Å². The van der Waals surface area contributed by atoms with Gasteiger partial charge in [-0.25, -0.2) is 0 Å². The van der Waals surface area contributed by atoms with Crippen LogP contribution < -0.4 is 0 Å². The Balaban J connectivity index is 2.35. The van der Waals surface area contributed by atoms with Gasteiger partial charge in [-0.15, -0.1) is 0 Å². The van der Waals surface area contributed by atoms with E-state index in [1.54, 1.807) is 0 Å². The highest BCUT2D eigenvalue weighted by atomic mass is 19.3. The first-order valence-electron chi connectivity index (χ1n) is 9.93. The van der Waals surface area contributed by atoms with Crippen LogP contribution in [0.2, 0.25) is 0 Å². The van der Waals surface area contributed by atoms with Gasteiger partial charge in [-0.3, -0.25) is 14.4 Å². The van der Waals surface area contributed by atoms with Crippen molar-refractivity contribution in [3.8, 4) is 0 Å². The summed E-state index contributed by atoms with van der Waals surface area (Å²) in [6.45, 7) is 1.82. The molecule has 1 unspecified atom stereocenters. The maximum absolute atomic E-state index is 13.8. The van der Waals surface area contributed by atoms with Crippen LogP contribution in [0, 0.1) is 11.8 Å². The van der Waals surface area contributed by atoms with E-state index < -0.39 is 17.7 Å². The summed E-state index contributed by atoms with van der Waals surface area (Å²) in [6, 6.07) is 0. The summed E-state index contributed by atoms with van der Waals surface area (Å²) in [5.74, 6) is -4.92. The molecule has 1 N–H and O–H groups in total. The number of aliphatic carboxylic acids is 1. The summed E-state index contributed by atoms with van der Waals surface area (Å²) in [5, 5.41) is 8.60. The summed E-state index contributed by atoms with van der Waals surface area (Å²) >= 11 is 0. The molecule has 6 heteroatoms. The van der Waals surface area contributed by atoms with Crippen molar-refractivity contribution >= 4 is 17.5 Å².